The second-order valence-corrected chi connectivity index (χ2v) is 6.08. The molecular weight excluding hydrogens is 317 g/mol. The van der Waals surface area contributed by atoms with E-state index in [1.807, 2.05) is 31.2 Å². The van der Waals surface area contributed by atoms with E-state index in [1.165, 1.54) is 17.7 Å². The van der Waals surface area contributed by atoms with Gasteiger partial charge in [-0.05, 0) is 42.7 Å². The van der Waals surface area contributed by atoms with E-state index in [1.54, 1.807) is 6.07 Å². The van der Waals surface area contributed by atoms with Gasteiger partial charge in [-0.25, -0.2) is 9.38 Å². The van der Waals surface area contributed by atoms with Crippen LogP contribution < -0.4 is 15.4 Å². The van der Waals surface area contributed by atoms with E-state index in [2.05, 4.69) is 21.7 Å². The molecular formula is C20H24FN3O. The van der Waals surface area contributed by atoms with E-state index in [0.717, 1.165) is 43.4 Å². The predicted octanol–water partition coefficient (Wildman–Crippen LogP) is 3.45. The maximum Gasteiger partial charge on any atom is 0.191 e. The number of rotatable bonds is 5. The van der Waals surface area contributed by atoms with Gasteiger partial charge in [0.1, 0.15) is 11.6 Å². The van der Waals surface area contributed by atoms with Crippen LogP contribution in [0.3, 0.4) is 0 Å². The van der Waals surface area contributed by atoms with Gasteiger partial charge >= 0.3 is 0 Å². The average Bonchev–Trinajstić information content (AvgIpc) is 2.64. The van der Waals surface area contributed by atoms with Gasteiger partial charge in [0, 0.05) is 19.0 Å². The minimum atomic E-state index is -0.232. The van der Waals surface area contributed by atoms with E-state index < -0.39 is 0 Å². The molecule has 2 aromatic carbocycles. The molecule has 5 heteroatoms. The zero-order valence-electron chi connectivity index (χ0n) is 14.5. The van der Waals surface area contributed by atoms with Crippen LogP contribution in [0.25, 0.3) is 0 Å². The van der Waals surface area contributed by atoms with Crippen molar-refractivity contribution in [2.24, 2.45) is 4.99 Å². The first-order valence-corrected chi connectivity index (χ1v) is 8.74. The highest BCUT2D eigenvalue weighted by atomic mass is 19.1. The van der Waals surface area contributed by atoms with E-state index in [-0.39, 0.29) is 5.82 Å². The fourth-order valence-electron chi connectivity index (χ4n) is 3.00. The molecule has 1 atom stereocenters. The second-order valence-electron chi connectivity index (χ2n) is 6.08. The van der Waals surface area contributed by atoms with Crippen LogP contribution in [0.1, 0.15) is 30.4 Å². The van der Waals surface area contributed by atoms with Crippen molar-refractivity contribution in [3.63, 3.8) is 0 Å². The summed E-state index contributed by atoms with van der Waals surface area (Å²) < 4.78 is 19.0. The molecule has 0 saturated carbocycles. The Bertz CT molecular complexity index is 732. The predicted molar refractivity (Wildman–Crippen MR) is 98.5 cm³/mol. The van der Waals surface area contributed by atoms with Crippen molar-refractivity contribution in [3.05, 3.63) is 65.5 Å². The molecule has 3 rings (SSSR count). The van der Waals surface area contributed by atoms with Crippen molar-refractivity contribution in [1.82, 2.24) is 10.6 Å². The van der Waals surface area contributed by atoms with Crippen molar-refractivity contribution in [2.75, 3.05) is 19.7 Å². The van der Waals surface area contributed by atoms with Crippen LogP contribution in [0.5, 0.6) is 5.75 Å². The Balaban J connectivity index is 1.63. The normalized spacial score (nSPS) is 16.7. The number of para-hydroxylation sites is 1. The summed E-state index contributed by atoms with van der Waals surface area (Å²) in [6.45, 7) is 4.77. The third-order valence-electron chi connectivity index (χ3n) is 4.25. The molecule has 132 valence electrons. The van der Waals surface area contributed by atoms with Gasteiger partial charge in [0.25, 0.3) is 0 Å². The monoisotopic (exact) mass is 341 g/mol. The van der Waals surface area contributed by atoms with Gasteiger partial charge in [0.05, 0.1) is 13.2 Å². The van der Waals surface area contributed by atoms with Crippen molar-refractivity contribution < 1.29 is 9.13 Å². The molecule has 4 nitrogen and oxygen atoms in total. The van der Waals surface area contributed by atoms with Crippen molar-refractivity contribution >= 4 is 5.96 Å². The molecule has 0 amide bonds. The van der Waals surface area contributed by atoms with E-state index in [0.29, 0.717) is 12.5 Å². The Kier molecular flexibility index (Phi) is 5.88. The number of hydrogen-bond acceptors (Lipinski definition) is 2. The lowest BCUT2D eigenvalue weighted by Gasteiger charge is -2.26. The molecule has 0 fully saturated rings. The molecule has 0 saturated heterocycles. The first-order chi connectivity index (χ1) is 12.3. The molecule has 0 spiro atoms. The number of halogens is 1. The van der Waals surface area contributed by atoms with Crippen molar-refractivity contribution in [2.45, 2.75) is 25.8 Å². The van der Waals surface area contributed by atoms with Crippen LogP contribution in [0, 0.1) is 5.82 Å². The van der Waals surface area contributed by atoms with Gasteiger partial charge in [0.2, 0.25) is 0 Å². The molecule has 1 heterocycles. The van der Waals surface area contributed by atoms with Crippen molar-refractivity contribution in [3.8, 4) is 5.75 Å². The lowest BCUT2D eigenvalue weighted by molar-refractivity contribution is 0.267. The minimum absolute atomic E-state index is 0.232. The number of benzene rings is 2. The number of fused-ring (bicyclic) bond motifs is 1. The number of nitrogens with one attached hydrogen (secondary N) is 2. The van der Waals surface area contributed by atoms with Crippen LogP contribution in [0.15, 0.2) is 53.5 Å². The molecule has 2 N–H and O–H groups in total. The maximum atomic E-state index is 13.3. The smallest absolute Gasteiger partial charge is 0.191 e. The van der Waals surface area contributed by atoms with Crippen molar-refractivity contribution in [1.29, 1.82) is 0 Å². The molecule has 1 aliphatic heterocycles. The number of guanidine groups is 1. The van der Waals surface area contributed by atoms with Crippen LogP contribution in [-0.2, 0) is 6.54 Å². The first kappa shape index (κ1) is 17.3. The summed E-state index contributed by atoms with van der Waals surface area (Å²) in [6, 6.07) is 14.7. The summed E-state index contributed by atoms with van der Waals surface area (Å²) in [6.07, 6.45) is 0.979. The highest BCUT2D eigenvalue weighted by molar-refractivity contribution is 5.79. The summed E-state index contributed by atoms with van der Waals surface area (Å²) >= 11 is 0. The van der Waals surface area contributed by atoms with Gasteiger partial charge in [-0.2, -0.15) is 0 Å². The van der Waals surface area contributed by atoms with E-state index >= 15 is 0 Å². The van der Waals surface area contributed by atoms with Gasteiger partial charge in [-0.1, -0.05) is 30.3 Å². The molecule has 1 aliphatic rings. The Morgan fingerprint density at radius 2 is 2.08 bits per heavy atom. The number of ether oxygens (including phenoxy) is 1. The number of nitrogens with zero attached hydrogens (tertiary/aromatic N) is 1. The summed E-state index contributed by atoms with van der Waals surface area (Å²) in [5.74, 6) is 1.88. The van der Waals surface area contributed by atoms with Gasteiger partial charge in [-0.15, -0.1) is 0 Å². The first-order valence-electron chi connectivity index (χ1n) is 8.74. The van der Waals surface area contributed by atoms with Gasteiger partial charge in [-0.3, -0.25) is 0 Å². The largest absolute Gasteiger partial charge is 0.493 e. The molecule has 0 aliphatic carbocycles. The molecule has 2 aromatic rings. The third-order valence-corrected chi connectivity index (χ3v) is 4.25. The molecule has 0 aromatic heterocycles. The van der Waals surface area contributed by atoms with Gasteiger partial charge in [0.15, 0.2) is 5.96 Å². The summed E-state index contributed by atoms with van der Waals surface area (Å²) in [5.41, 5.74) is 2.09. The lowest BCUT2D eigenvalue weighted by Crippen LogP contribution is -2.40. The van der Waals surface area contributed by atoms with Crippen LogP contribution >= 0.6 is 0 Å². The fourth-order valence-corrected chi connectivity index (χ4v) is 3.00. The highest BCUT2D eigenvalue weighted by Crippen LogP contribution is 2.32. The Hall–Kier alpha value is -2.56. The van der Waals surface area contributed by atoms with E-state index in [4.69, 9.17) is 4.74 Å². The highest BCUT2D eigenvalue weighted by Gasteiger charge is 2.21. The van der Waals surface area contributed by atoms with Gasteiger partial charge < -0.3 is 15.4 Å². The molecule has 1 unspecified atom stereocenters. The standard InChI is InChI=1S/C20H24FN3O/c1-2-22-20(23-13-15-6-5-7-17(21)12-15)24-14-16-10-11-25-19-9-4-3-8-18(16)19/h3-9,12,16H,2,10-11,13-14H2,1H3,(H2,22,23,24). The lowest BCUT2D eigenvalue weighted by atomic mass is 9.93. The molecule has 0 bridgehead atoms. The average molecular weight is 341 g/mol. The van der Waals surface area contributed by atoms with Crippen LogP contribution in [0.4, 0.5) is 4.39 Å². The zero-order valence-corrected chi connectivity index (χ0v) is 14.5. The number of aliphatic imine (C=N–C) groups is 1. The number of hydrogen-bond donors (Lipinski definition) is 2. The zero-order chi connectivity index (χ0) is 17.5. The summed E-state index contributed by atoms with van der Waals surface area (Å²) in [5, 5.41) is 6.65. The van der Waals surface area contributed by atoms with Crippen LogP contribution in [-0.4, -0.2) is 25.7 Å². The quantitative estimate of drug-likeness (QED) is 0.647. The third kappa shape index (κ3) is 4.72. The maximum absolute atomic E-state index is 13.3. The minimum Gasteiger partial charge on any atom is -0.493 e. The van der Waals surface area contributed by atoms with E-state index in [9.17, 15) is 4.39 Å². The summed E-state index contributed by atoms with van der Waals surface area (Å²) in [4.78, 5) is 4.56. The Morgan fingerprint density at radius 1 is 1.20 bits per heavy atom. The van der Waals surface area contributed by atoms with Crippen LogP contribution in [0.2, 0.25) is 0 Å². The molecule has 25 heavy (non-hydrogen) atoms. The topological polar surface area (TPSA) is 45.7 Å². The molecule has 0 radical (unpaired) electrons. The SMILES string of the molecule is CCNC(=NCc1cccc(F)c1)NCC1CCOc2ccccc21. The Morgan fingerprint density at radius 3 is 2.92 bits per heavy atom. The fraction of sp³-hybridized carbons (Fsp3) is 0.350. The Labute approximate surface area is 148 Å². The second kappa shape index (κ2) is 8.51. The summed E-state index contributed by atoms with van der Waals surface area (Å²) in [7, 11) is 0.